The Morgan fingerprint density at radius 3 is 2.29 bits per heavy atom. The molecule has 0 heterocycles. The summed E-state index contributed by atoms with van der Waals surface area (Å²) in [5, 5.41) is 8.88. The first-order valence-electron chi connectivity index (χ1n) is 5.81. The molecule has 1 aromatic rings. The summed E-state index contributed by atoms with van der Waals surface area (Å²) in [6.07, 6.45) is 0. The molecular formula is C13H19NO3. The van der Waals surface area contributed by atoms with Crippen molar-refractivity contribution in [2.75, 3.05) is 19.7 Å². The van der Waals surface area contributed by atoms with Crippen LogP contribution in [0.25, 0.3) is 0 Å². The Morgan fingerprint density at radius 2 is 1.82 bits per heavy atom. The Labute approximate surface area is 102 Å². The van der Waals surface area contributed by atoms with E-state index in [0.717, 1.165) is 5.56 Å². The Hall–Kier alpha value is -1.55. The largest absolute Gasteiger partial charge is 0.484 e. The van der Waals surface area contributed by atoms with Crippen molar-refractivity contribution in [3.05, 3.63) is 29.8 Å². The average molecular weight is 237 g/mol. The molecule has 0 aliphatic carbocycles. The number of carbonyl (C=O) groups is 1. The molecule has 1 aromatic carbocycles. The number of nitrogens with zero attached hydrogens (tertiary/aromatic N) is 1. The number of ether oxygens (including phenoxy) is 1. The summed E-state index contributed by atoms with van der Waals surface area (Å²) in [5.41, 5.74) is 0.826. The van der Waals surface area contributed by atoms with Crippen LogP contribution >= 0.6 is 0 Å². The van der Waals surface area contributed by atoms with Crippen molar-refractivity contribution in [3.8, 4) is 5.75 Å². The summed E-state index contributed by atoms with van der Waals surface area (Å²) in [6.45, 7) is 5.35. The Balaban J connectivity index is 2.46. The van der Waals surface area contributed by atoms with Gasteiger partial charge in [-0.1, -0.05) is 12.1 Å². The third-order valence-corrected chi connectivity index (χ3v) is 2.58. The van der Waals surface area contributed by atoms with Gasteiger partial charge in [-0.25, -0.2) is 0 Å². The minimum Gasteiger partial charge on any atom is -0.484 e. The molecule has 0 radical (unpaired) electrons. The van der Waals surface area contributed by atoms with E-state index in [-0.39, 0.29) is 19.1 Å². The summed E-state index contributed by atoms with van der Waals surface area (Å²) in [7, 11) is 0. The highest BCUT2D eigenvalue weighted by molar-refractivity contribution is 5.77. The summed E-state index contributed by atoms with van der Waals surface area (Å²) in [6, 6.07) is 7.05. The number of hydrogen-bond donors (Lipinski definition) is 1. The van der Waals surface area contributed by atoms with Gasteiger partial charge < -0.3 is 14.7 Å². The highest BCUT2D eigenvalue weighted by atomic mass is 16.5. The molecule has 94 valence electrons. The lowest BCUT2D eigenvalue weighted by molar-refractivity contribution is -0.132. The van der Waals surface area contributed by atoms with Gasteiger partial charge in [0.25, 0.3) is 5.91 Å². The minimum absolute atomic E-state index is 0.0126. The fourth-order valence-corrected chi connectivity index (χ4v) is 1.50. The van der Waals surface area contributed by atoms with Crippen LogP contribution in [0.4, 0.5) is 0 Å². The number of amides is 1. The van der Waals surface area contributed by atoms with E-state index < -0.39 is 0 Å². The number of carbonyl (C=O) groups excluding carboxylic acids is 1. The first kappa shape index (κ1) is 13.5. The number of benzene rings is 1. The van der Waals surface area contributed by atoms with E-state index in [9.17, 15) is 4.79 Å². The molecule has 1 rings (SSSR count). The Bertz CT molecular complexity index is 344. The van der Waals surface area contributed by atoms with Gasteiger partial charge in [-0.2, -0.15) is 0 Å². The lowest BCUT2D eigenvalue weighted by atomic mass is 10.2. The van der Waals surface area contributed by atoms with Crippen LogP contribution in [0.2, 0.25) is 0 Å². The van der Waals surface area contributed by atoms with Crippen LogP contribution in [0, 0.1) is 0 Å². The summed E-state index contributed by atoms with van der Waals surface area (Å²) in [4.78, 5) is 13.4. The van der Waals surface area contributed by atoms with E-state index in [0.29, 0.717) is 18.8 Å². The number of aliphatic hydroxyl groups excluding tert-OH is 1. The molecule has 0 aliphatic heterocycles. The number of hydrogen-bond acceptors (Lipinski definition) is 3. The molecule has 0 bridgehead atoms. The predicted octanol–water partition coefficient (Wildman–Crippen LogP) is 1.43. The summed E-state index contributed by atoms with van der Waals surface area (Å²) < 4.78 is 5.38. The maximum Gasteiger partial charge on any atom is 0.260 e. The van der Waals surface area contributed by atoms with Crippen LogP contribution in [0.1, 0.15) is 19.4 Å². The average Bonchev–Trinajstić information content (AvgIpc) is 2.38. The van der Waals surface area contributed by atoms with E-state index in [2.05, 4.69) is 0 Å². The molecule has 0 saturated heterocycles. The molecule has 4 heteroatoms. The van der Waals surface area contributed by atoms with Gasteiger partial charge in [0.2, 0.25) is 0 Å². The normalized spacial score (nSPS) is 10.1. The highest BCUT2D eigenvalue weighted by Crippen LogP contribution is 2.12. The van der Waals surface area contributed by atoms with Crippen molar-refractivity contribution in [1.29, 1.82) is 0 Å². The minimum atomic E-state index is -0.0127. The fraction of sp³-hybridized carbons (Fsp3) is 0.462. The molecule has 0 saturated carbocycles. The van der Waals surface area contributed by atoms with Gasteiger partial charge in [0.1, 0.15) is 5.75 Å². The summed E-state index contributed by atoms with van der Waals surface area (Å²) >= 11 is 0. The third-order valence-electron chi connectivity index (χ3n) is 2.58. The molecular weight excluding hydrogens is 218 g/mol. The molecule has 1 amide bonds. The van der Waals surface area contributed by atoms with Crippen molar-refractivity contribution < 1.29 is 14.6 Å². The second kappa shape index (κ2) is 6.91. The molecule has 0 aliphatic rings. The molecule has 4 nitrogen and oxygen atoms in total. The van der Waals surface area contributed by atoms with Gasteiger partial charge >= 0.3 is 0 Å². The number of rotatable bonds is 6. The lowest BCUT2D eigenvalue weighted by Crippen LogP contribution is -2.34. The SMILES string of the molecule is CCN(CC)C(=O)COc1ccc(CO)cc1. The van der Waals surface area contributed by atoms with Gasteiger partial charge in [0.05, 0.1) is 6.61 Å². The monoisotopic (exact) mass is 237 g/mol. The zero-order valence-electron chi connectivity index (χ0n) is 10.3. The van der Waals surface area contributed by atoms with Gasteiger partial charge in [-0.05, 0) is 31.5 Å². The standard InChI is InChI=1S/C13H19NO3/c1-3-14(4-2)13(16)10-17-12-7-5-11(9-15)6-8-12/h5-8,15H,3-4,9-10H2,1-2H3. The zero-order valence-corrected chi connectivity index (χ0v) is 10.3. The van der Waals surface area contributed by atoms with Crippen LogP contribution in [0.5, 0.6) is 5.75 Å². The lowest BCUT2D eigenvalue weighted by Gasteiger charge is -2.18. The van der Waals surface area contributed by atoms with Crippen LogP contribution in [-0.4, -0.2) is 35.6 Å². The highest BCUT2D eigenvalue weighted by Gasteiger charge is 2.09. The van der Waals surface area contributed by atoms with Crippen molar-refractivity contribution in [1.82, 2.24) is 4.90 Å². The van der Waals surface area contributed by atoms with Gasteiger partial charge in [-0.3, -0.25) is 4.79 Å². The Kier molecular flexibility index (Phi) is 5.49. The van der Waals surface area contributed by atoms with Crippen LogP contribution in [0.15, 0.2) is 24.3 Å². The molecule has 0 fully saturated rings. The second-order valence-electron chi connectivity index (χ2n) is 3.66. The zero-order chi connectivity index (χ0) is 12.7. The fourth-order valence-electron chi connectivity index (χ4n) is 1.50. The predicted molar refractivity (Wildman–Crippen MR) is 65.8 cm³/mol. The van der Waals surface area contributed by atoms with Crippen molar-refractivity contribution in [2.45, 2.75) is 20.5 Å². The van der Waals surface area contributed by atoms with Crippen molar-refractivity contribution in [2.24, 2.45) is 0 Å². The second-order valence-corrected chi connectivity index (χ2v) is 3.66. The van der Waals surface area contributed by atoms with E-state index in [1.807, 2.05) is 13.8 Å². The first-order valence-corrected chi connectivity index (χ1v) is 5.81. The molecule has 1 N–H and O–H groups in total. The van der Waals surface area contributed by atoms with Gasteiger partial charge in [0, 0.05) is 13.1 Å². The van der Waals surface area contributed by atoms with Crippen LogP contribution in [0.3, 0.4) is 0 Å². The van der Waals surface area contributed by atoms with Gasteiger partial charge in [0.15, 0.2) is 6.61 Å². The topological polar surface area (TPSA) is 49.8 Å². The van der Waals surface area contributed by atoms with E-state index in [4.69, 9.17) is 9.84 Å². The smallest absolute Gasteiger partial charge is 0.260 e. The molecule has 0 atom stereocenters. The van der Waals surface area contributed by atoms with Crippen molar-refractivity contribution >= 4 is 5.91 Å². The quantitative estimate of drug-likeness (QED) is 0.814. The van der Waals surface area contributed by atoms with E-state index in [1.165, 1.54) is 0 Å². The van der Waals surface area contributed by atoms with Crippen molar-refractivity contribution in [3.63, 3.8) is 0 Å². The van der Waals surface area contributed by atoms with E-state index >= 15 is 0 Å². The first-order chi connectivity index (χ1) is 8.21. The summed E-state index contributed by atoms with van der Waals surface area (Å²) in [5.74, 6) is 0.629. The number of likely N-dealkylation sites (N-methyl/N-ethyl adjacent to an activating group) is 1. The number of aliphatic hydroxyl groups is 1. The molecule has 0 spiro atoms. The molecule has 17 heavy (non-hydrogen) atoms. The maximum absolute atomic E-state index is 11.7. The van der Waals surface area contributed by atoms with E-state index in [1.54, 1.807) is 29.2 Å². The van der Waals surface area contributed by atoms with Crippen LogP contribution in [-0.2, 0) is 11.4 Å². The maximum atomic E-state index is 11.7. The molecule has 0 aromatic heterocycles. The third kappa shape index (κ3) is 4.07. The van der Waals surface area contributed by atoms with Gasteiger partial charge in [-0.15, -0.1) is 0 Å². The molecule has 0 unspecified atom stereocenters. The van der Waals surface area contributed by atoms with Crippen LogP contribution < -0.4 is 4.74 Å². The Morgan fingerprint density at radius 1 is 1.24 bits per heavy atom.